The normalized spacial score (nSPS) is 12.9. The van der Waals surface area contributed by atoms with Crippen LogP contribution in [0.4, 0.5) is 13.2 Å². The van der Waals surface area contributed by atoms with Crippen LogP contribution in [0.3, 0.4) is 0 Å². The lowest BCUT2D eigenvalue weighted by Gasteiger charge is -2.20. The fourth-order valence-corrected chi connectivity index (χ4v) is 2.19. The highest BCUT2D eigenvalue weighted by molar-refractivity contribution is 5.89. The minimum Gasteiger partial charge on any atom is -0.508 e. The number of phenols is 1. The standard InChI is InChI=1S/C17H23F3O3/c1-2-3-4-5-6-7-8-15(17(18,19)20)23-16(22)13-9-11-14(21)12-10-13/h9-12,15,21H,2-8H2,1H3/t15-/m1/s1. The maximum atomic E-state index is 13.0. The number of phenolic OH excluding ortho intramolecular Hbond substituents is 1. The lowest BCUT2D eigenvalue weighted by Crippen LogP contribution is -2.33. The van der Waals surface area contributed by atoms with Gasteiger partial charge in [0.2, 0.25) is 0 Å². The molecule has 1 aromatic carbocycles. The highest BCUT2D eigenvalue weighted by atomic mass is 19.4. The summed E-state index contributed by atoms with van der Waals surface area (Å²) in [6, 6.07) is 4.92. The fraction of sp³-hybridized carbons (Fsp3) is 0.588. The summed E-state index contributed by atoms with van der Waals surface area (Å²) in [7, 11) is 0. The Balaban J connectivity index is 2.51. The molecule has 130 valence electrons. The minimum absolute atomic E-state index is 0.0139. The van der Waals surface area contributed by atoms with E-state index in [-0.39, 0.29) is 17.7 Å². The Kier molecular flexibility index (Phi) is 7.92. The number of esters is 1. The number of alkyl halides is 3. The number of ether oxygens (including phenoxy) is 1. The van der Waals surface area contributed by atoms with Crippen LogP contribution in [-0.4, -0.2) is 23.4 Å². The Morgan fingerprint density at radius 3 is 2.22 bits per heavy atom. The summed E-state index contributed by atoms with van der Waals surface area (Å²) in [5, 5.41) is 9.12. The van der Waals surface area contributed by atoms with Crippen LogP contribution in [0.1, 0.15) is 62.2 Å². The topological polar surface area (TPSA) is 46.5 Å². The molecule has 23 heavy (non-hydrogen) atoms. The van der Waals surface area contributed by atoms with Crippen LogP contribution in [0, 0.1) is 0 Å². The number of carbonyl (C=O) groups excluding carboxylic acids is 1. The predicted molar refractivity (Wildman–Crippen MR) is 81.4 cm³/mol. The molecule has 1 aromatic rings. The molecule has 3 nitrogen and oxygen atoms in total. The third-order valence-corrected chi connectivity index (χ3v) is 3.54. The van der Waals surface area contributed by atoms with E-state index in [1.165, 1.54) is 24.3 Å². The van der Waals surface area contributed by atoms with E-state index in [4.69, 9.17) is 5.11 Å². The second-order valence-corrected chi connectivity index (χ2v) is 5.54. The van der Waals surface area contributed by atoms with Crippen molar-refractivity contribution in [2.24, 2.45) is 0 Å². The first-order valence-corrected chi connectivity index (χ1v) is 7.91. The van der Waals surface area contributed by atoms with Gasteiger partial charge >= 0.3 is 12.1 Å². The molecule has 0 aliphatic carbocycles. The minimum atomic E-state index is -4.57. The van der Waals surface area contributed by atoms with Crippen molar-refractivity contribution >= 4 is 5.97 Å². The third kappa shape index (κ3) is 7.39. The molecule has 0 aliphatic rings. The molecular weight excluding hydrogens is 309 g/mol. The molecule has 0 heterocycles. The number of carbonyl (C=O) groups is 1. The average molecular weight is 332 g/mol. The Morgan fingerprint density at radius 1 is 1.09 bits per heavy atom. The lowest BCUT2D eigenvalue weighted by molar-refractivity contribution is -0.206. The molecule has 0 amide bonds. The molecule has 1 N–H and O–H groups in total. The first kappa shape index (κ1) is 19.3. The smallest absolute Gasteiger partial charge is 0.425 e. The molecule has 6 heteroatoms. The van der Waals surface area contributed by atoms with Crippen molar-refractivity contribution in [2.45, 2.75) is 64.1 Å². The van der Waals surface area contributed by atoms with Crippen molar-refractivity contribution in [3.63, 3.8) is 0 Å². The van der Waals surface area contributed by atoms with Crippen molar-refractivity contribution in [3.05, 3.63) is 29.8 Å². The van der Waals surface area contributed by atoms with E-state index in [1.54, 1.807) is 0 Å². The predicted octanol–water partition coefficient (Wildman–Crippen LogP) is 5.23. The van der Waals surface area contributed by atoms with E-state index < -0.39 is 18.2 Å². The highest BCUT2D eigenvalue weighted by Gasteiger charge is 2.42. The summed E-state index contributed by atoms with van der Waals surface area (Å²) in [5.74, 6) is -1.10. The van der Waals surface area contributed by atoms with Crippen molar-refractivity contribution in [1.82, 2.24) is 0 Å². The van der Waals surface area contributed by atoms with Crippen molar-refractivity contribution in [3.8, 4) is 5.75 Å². The van der Waals surface area contributed by atoms with Gasteiger partial charge in [-0.1, -0.05) is 39.0 Å². The van der Waals surface area contributed by atoms with Crippen LogP contribution in [0.25, 0.3) is 0 Å². The quantitative estimate of drug-likeness (QED) is 0.497. The second-order valence-electron chi connectivity index (χ2n) is 5.54. The van der Waals surface area contributed by atoms with Gasteiger partial charge in [0.1, 0.15) is 5.75 Å². The third-order valence-electron chi connectivity index (χ3n) is 3.54. The zero-order valence-electron chi connectivity index (χ0n) is 13.2. The van der Waals surface area contributed by atoms with Crippen molar-refractivity contribution < 1.29 is 27.8 Å². The molecule has 0 fully saturated rings. The van der Waals surface area contributed by atoms with Crippen LogP contribution in [0.2, 0.25) is 0 Å². The van der Waals surface area contributed by atoms with Gasteiger partial charge in [-0.2, -0.15) is 13.2 Å². The number of hydrogen-bond donors (Lipinski definition) is 1. The zero-order valence-corrected chi connectivity index (χ0v) is 13.2. The lowest BCUT2D eigenvalue weighted by atomic mass is 10.1. The van der Waals surface area contributed by atoms with Crippen molar-refractivity contribution in [2.75, 3.05) is 0 Å². The number of hydrogen-bond acceptors (Lipinski definition) is 3. The first-order chi connectivity index (χ1) is 10.8. The summed E-state index contributed by atoms with van der Waals surface area (Å²) in [4.78, 5) is 11.8. The van der Waals surface area contributed by atoms with E-state index in [2.05, 4.69) is 11.7 Å². The molecule has 0 spiro atoms. The highest BCUT2D eigenvalue weighted by Crippen LogP contribution is 2.28. The van der Waals surface area contributed by atoms with Crippen LogP contribution in [-0.2, 0) is 4.74 Å². The van der Waals surface area contributed by atoms with Gasteiger partial charge in [-0.3, -0.25) is 0 Å². The number of halogens is 3. The Morgan fingerprint density at radius 2 is 1.65 bits per heavy atom. The molecule has 0 saturated heterocycles. The Bertz CT molecular complexity index is 469. The van der Waals surface area contributed by atoms with Gasteiger partial charge in [0.05, 0.1) is 5.56 Å². The Labute approximate surface area is 134 Å². The van der Waals surface area contributed by atoms with E-state index in [1.807, 2.05) is 0 Å². The van der Waals surface area contributed by atoms with E-state index in [9.17, 15) is 18.0 Å². The molecular formula is C17H23F3O3. The molecule has 0 unspecified atom stereocenters. The summed E-state index contributed by atoms with van der Waals surface area (Å²) in [6.45, 7) is 2.07. The maximum absolute atomic E-state index is 13.0. The van der Waals surface area contributed by atoms with Gasteiger partial charge < -0.3 is 9.84 Å². The van der Waals surface area contributed by atoms with Crippen molar-refractivity contribution in [1.29, 1.82) is 0 Å². The summed E-state index contributed by atoms with van der Waals surface area (Å²) >= 11 is 0. The summed E-state index contributed by atoms with van der Waals surface area (Å²) < 4.78 is 43.5. The number of unbranched alkanes of at least 4 members (excludes halogenated alkanes) is 5. The molecule has 1 atom stereocenters. The summed E-state index contributed by atoms with van der Waals surface area (Å²) in [6.07, 6.45) is -1.75. The van der Waals surface area contributed by atoms with Gasteiger partial charge in [-0.05, 0) is 37.1 Å². The molecule has 1 rings (SSSR count). The van der Waals surface area contributed by atoms with Gasteiger partial charge in [-0.25, -0.2) is 4.79 Å². The zero-order chi connectivity index (χ0) is 17.3. The first-order valence-electron chi connectivity index (χ1n) is 7.91. The average Bonchev–Trinajstić information content (AvgIpc) is 2.49. The second kappa shape index (κ2) is 9.43. The number of aromatic hydroxyl groups is 1. The van der Waals surface area contributed by atoms with Gasteiger partial charge in [0.15, 0.2) is 6.10 Å². The van der Waals surface area contributed by atoms with Crippen LogP contribution in [0.5, 0.6) is 5.75 Å². The monoisotopic (exact) mass is 332 g/mol. The molecule has 0 aromatic heterocycles. The van der Waals surface area contributed by atoms with E-state index >= 15 is 0 Å². The number of benzene rings is 1. The van der Waals surface area contributed by atoms with Gasteiger partial charge in [0, 0.05) is 0 Å². The van der Waals surface area contributed by atoms with Crippen LogP contribution in [0.15, 0.2) is 24.3 Å². The van der Waals surface area contributed by atoms with Crippen LogP contribution < -0.4 is 0 Å². The fourth-order valence-electron chi connectivity index (χ4n) is 2.19. The largest absolute Gasteiger partial charge is 0.508 e. The van der Waals surface area contributed by atoms with E-state index in [0.29, 0.717) is 12.8 Å². The maximum Gasteiger partial charge on any atom is 0.425 e. The summed E-state index contributed by atoms with van der Waals surface area (Å²) in [5.41, 5.74) is -0.0139. The molecule has 0 radical (unpaired) electrons. The molecule has 0 bridgehead atoms. The number of rotatable bonds is 9. The SMILES string of the molecule is CCCCCCCC[C@@H](OC(=O)c1ccc(O)cc1)C(F)(F)F. The molecule has 0 saturated carbocycles. The van der Waals surface area contributed by atoms with Gasteiger partial charge in [0.25, 0.3) is 0 Å². The van der Waals surface area contributed by atoms with E-state index in [0.717, 1.165) is 25.7 Å². The Hall–Kier alpha value is -1.72. The van der Waals surface area contributed by atoms with Crippen LogP contribution >= 0.6 is 0 Å². The van der Waals surface area contributed by atoms with Gasteiger partial charge in [-0.15, -0.1) is 0 Å². The molecule has 0 aliphatic heterocycles.